The maximum atomic E-state index is 6.44. The lowest BCUT2D eigenvalue weighted by atomic mass is 9.97. The van der Waals surface area contributed by atoms with E-state index in [9.17, 15) is 0 Å². The number of benzene rings is 10. The fraction of sp³-hybridized carbons (Fsp3) is 0. The molecular weight excluding hydrogens is 741 g/mol. The zero-order valence-corrected chi connectivity index (χ0v) is 33.2. The molecule has 61 heavy (non-hydrogen) atoms. The van der Waals surface area contributed by atoms with Crippen molar-refractivity contribution in [2.75, 3.05) is 4.90 Å². The summed E-state index contributed by atoms with van der Waals surface area (Å²) in [5.74, 6) is 0. The Hall–Kier alpha value is -8.14. The van der Waals surface area contributed by atoms with Crippen LogP contribution in [-0.2, 0) is 0 Å². The second kappa shape index (κ2) is 14.3. The molecule has 0 saturated heterocycles. The van der Waals surface area contributed by atoms with Gasteiger partial charge in [-0.25, -0.2) is 0 Å². The second-order valence-corrected chi connectivity index (χ2v) is 15.7. The molecule has 0 atom stereocenters. The van der Waals surface area contributed by atoms with Gasteiger partial charge in [-0.15, -0.1) is 0 Å². The van der Waals surface area contributed by atoms with Crippen molar-refractivity contribution in [3.8, 4) is 39.1 Å². The van der Waals surface area contributed by atoms with Gasteiger partial charge in [0.1, 0.15) is 11.2 Å². The minimum absolute atomic E-state index is 0.904. The number of fused-ring (bicyclic) bond motifs is 7. The molecule has 286 valence electrons. The molecule has 0 spiro atoms. The Balaban J connectivity index is 0.963. The molecular formula is C58H38N2O. The summed E-state index contributed by atoms with van der Waals surface area (Å²) in [6.07, 6.45) is 0. The van der Waals surface area contributed by atoms with Crippen LogP contribution in [0.15, 0.2) is 235 Å². The van der Waals surface area contributed by atoms with E-state index in [1.165, 1.54) is 43.7 Å². The van der Waals surface area contributed by atoms with Crippen molar-refractivity contribution < 1.29 is 4.42 Å². The summed E-state index contributed by atoms with van der Waals surface area (Å²) in [7, 11) is 0. The van der Waals surface area contributed by atoms with Crippen molar-refractivity contribution in [1.29, 1.82) is 0 Å². The highest BCUT2D eigenvalue weighted by molar-refractivity contribution is 6.11. The first-order chi connectivity index (χ1) is 30.3. The van der Waals surface area contributed by atoms with Crippen molar-refractivity contribution >= 4 is 71.6 Å². The maximum absolute atomic E-state index is 6.44. The second-order valence-electron chi connectivity index (χ2n) is 15.7. The quantitative estimate of drug-likeness (QED) is 0.161. The van der Waals surface area contributed by atoms with Crippen LogP contribution in [-0.4, -0.2) is 4.57 Å². The van der Waals surface area contributed by atoms with E-state index >= 15 is 0 Å². The van der Waals surface area contributed by atoms with Crippen molar-refractivity contribution in [2.24, 2.45) is 0 Å². The van der Waals surface area contributed by atoms with Crippen LogP contribution in [0, 0.1) is 0 Å². The van der Waals surface area contributed by atoms with Gasteiger partial charge >= 0.3 is 0 Å². The van der Waals surface area contributed by atoms with Gasteiger partial charge in [0.15, 0.2) is 0 Å². The Bertz CT molecular complexity index is 3540. The molecule has 0 fully saturated rings. The molecule has 2 aromatic heterocycles. The molecule has 0 aliphatic rings. The van der Waals surface area contributed by atoms with Crippen LogP contribution < -0.4 is 4.90 Å². The highest BCUT2D eigenvalue weighted by atomic mass is 16.3. The van der Waals surface area contributed by atoms with E-state index in [1.54, 1.807) is 0 Å². The predicted octanol–water partition coefficient (Wildman–Crippen LogP) is 16.3. The lowest BCUT2D eigenvalue weighted by Gasteiger charge is -2.28. The molecule has 2 heterocycles. The van der Waals surface area contributed by atoms with Gasteiger partial charge < -0.3 is 13.9 Å². The monoisotopic (exact) mass is 778 g/mol. The number of anilines is 3. The van der Waals surface area contributed by atoms with Crippen LogP contribution in [0.25, 0.3) is 93.6 Å². The minimum Gasteiger partial charge on any atom is -0.455 e. The Morgan fingerprint density at radius 1 is 0.344 bits per heavy atom. The maximum Gasteiger partial charge on any atom is 0.143 e. The minimum atomic E-state index is 0.904. The number of hydrogen-bond acceptors (Lipinski definition) is 2. The number of para-hydroxylation sites is 6. The third kappa shape index (κ3) is 5.82. The van der Waals surface area contributed by atoms with Gasteiger partial charge in [-0.1, -0.05) is 176 Å². The molecule has 10 aromatic carbocycles. The highest BCUT2D eigenvalue weighted by Crippen LogP contribution is 2.44. The Labute approximate surface area is 353 Å². The zero-order valence-electron chi connectivity index (χ0n) is 33.2. The summed E-state index contributed by atoms with van der Waals surface area (Å²) in [6.45, 7) is 0. The molecule has 0 radical (unpaired) electrons. The van der Waals surface area contributed by atoms with Crippen molar-refractivity contribution in [2.45, 2.75) is 0 Å². The standard InChI is InChI=1S/C58H38N2O/c1-2-15-43-38-45(37-32-39(43)14-1)59(44-35-33-42(34-36-44)48-21-13-22-52-51-20-7-12-27-57(51)61-58(48)52)53-23-8-3-16-46(53)40-28-30-41(31-29-40)47-17-4-9-24-54(47)60-55-25-10-5-18-49(55)50-19-6-11-26-56(50)60/h1-38H. The van der Waals surface area contributed by atoms with Gasteiger partial charge in [-0.3, -0.25) is 0 Å². The average molecular weight is 779 g/mol. The summed E-state index contributed by atoms with van der Waals surface area (Å²) in [5, 5.41) is 7.19. The van der Waals surface area contributed by atoms with Crippen LogP contribution >= 0.6 is 0 Å². The van der Waals surface area contributed by atoms with Crippen LogP contribution in [0.4, 0.5) is 17.1 Å². The first kappa shape index (κ1) is 34.9. The average Bonchev–Trinajstić information content (AvgIpc) is 3.88. The van der Waals surface area contributed by atoms with E-state index in [-0.39, 0.29) is 0 Å². The largest absolute Gasteiger partial charge is 0.455 e. The molecule has 0 aliphatic carbocycles. The van der Waals surface area contributed by atoms with Gasteiger partial charge in [-0.2, -0.15) is 0 Å². The van der Waals surface area contributed by atoms with E-state index in [1.807, 2.05) is 12.1 Å². The normalized spacial score (nSPS) is 11.6. The van der Waals surface area contributed by atoms with Crippen LogP contribution in [0.3, 0.4) is 0 Å². The molecule has 0 N–H and O–H groups in total. The molecule has 0 saturated carbocycles. The van der Waals surface area contributed by atoms with Crippen LogP contribution in [0.2, 0.25) is 0 Å². The van der Waals surface area contributed by atoms with Crippen molar-refractivity contribution in [3.63, 3.8) is 0 Å². The molecule has 0 aliphatic heterocycles. The van der Waals surface area contributed by atoms with Gasteiger partial charge in [-0.05, 0) is 82.1 Å². The molecule has 12 aromatic rings. The van der Waals surface area contributed by atoms with E-state index in [0.717, 1.165) is 66.9 Å². The van der Waals surface area contributed by atoms with Crippen molar-refractivity contribution in [3.05, 3.63) is 231 Å². The lowest BCUT2D eigenvalue weighted by Crippen LogP contribution is -2.11. The smallest absolute Gasteiger partial charge is 0.143 e. The fourth-order valence-electron chi connectivity index (χ4n) is 9.34. The van der Waals surface area contributed by atoms with Gasteiger partial charge in [0, 0.05) is 49.6 Å². The summed E-state index contributed by atoms with van der Waals surface area (Å²) in [5.41, 5.74) is 15.5. The van der Waals surface area contributed by atoms with Crippen molar-refractivity contribution in [1.82, 2.24) is 4.57 Å². The van der Waals surface area contributed by atoms with Gasteiger partial charge in [0.25, 0.3) is 0 Å². The lowest BCUT2D eigenvalue weighted by molar-refractivity contribution is 0.670. The van der Waals surface area contributed by atoms with Gasteiger partial charge in [0.05, 0.1) is 22.4 Å². The van der Waals surface area contributed by atoms with E-state index in [0.29, 0.717) is 0 Å². The number of rotatable bonds is 7. The number of hydrogen-bond donors (Lipinski definition) is 0. The summed E-state index contributed by atoms with van der Waals surface area (Å²) < 4.78 is 8.85. The first-order valence-electron chi connectivity index (χ1n) is 20.8. The molecule has 12 rings (SSSR count). The van der Waals surface area contributed by atoms with E-state index in [2.05, 4.69) is 228 Å². The molecule has 0 amide bonds. The topological polar surface area (TPSA) is 21.3 Å². The van der Waals surface area contributed by atoms with E-state index in [4.69, 9.17) is 4.42 Å². The third-order valence-corrected chi connectivity index (χ3v) is 12.2. The van der Waals surface area contributed by atoms with Crippen LogP contribution in [0.5, 0.6) is 0 Å². The number of furan rings is 1. The summed E-state index contributed by atoms with van der Waals surface area (Å²) in [6, 6.07) is 82.9. The Morgan fingerprint density at radius 2 is 0.869 bits per heavy atom. The summed E-state index contributed by atoms with van der Waals surface area (Å²) >= 11 is 0. The number of nitrogens with zero attached hydrogens (tertiary/aromatic N) is 2. The molecule has 0 bridgehead atoms. The molecule has 3 nitrogen and oxygen atoms in total. The van der Waals surface area contributed by atoms with Crippen LogP contribution in [0.1, 0.15) is 0 Å². The summed E-state index contributed by atoms with van der Waals surface area (Å²) in [4.78, 5) is 2.39. The predicted molar refractivity (Wildman–Crippen MR) is 257 cm³/mol. The fourth-order valence-corrected chi connectivity index (χ4v) is 9.34. The first-order valence-corrected chi connectivity index (χ1v) is 20.8. The highest BCUT2D eigenvalue weighted by Gasteiger charge is 2.20. The Kier molecular flexibility index (Phi) is 8.17. The Morgan fingerprint density at radius 3 is 1.64 bits per heavy atom. The molecule has 3 heteroatoms. The van der Waals surface area contributed by atoms with Gasteiger partial charge in [0.2, 0.25) is 0 Å². The SMILES string of the molecule is c1ccc(N(c2ccc(-c3cccc4c3oc3ccccc34)cc2)c2ccc3ccccc3c2)c(-c2ccc(-c3ccccc3-n3c4ccccc4c4ccccc43)cc2)c1. The molecule has 0 unspecified atom stereocenters. The zero-order chi connectivity index (χ0) is 40.3. The number of aromatic nitrogens is 1. The van der Waals surface area contributed by atoms with E-state index < -0.39 is 0 Å². The third-order valence-electron chi connectivity index (χ3n) is 12.2.